The Morgan fingerprint density at radius 2 is 1.84 bits per heavy atom. The second-order valence-corrected chi connectivity index (χ2v) is 7.04. The van der Waals surface area contributed by atoms with Crippen LogP contribution in [0.3, 0.4) is 0 Å². The number of benzene rings is 2. The van der Waals surface area contributed by atoms with Gasteiger partial charge < -0.3 is 9.73 Å². The summed E-state index contributed by atoms with van der Waals surface area (Å²) in [7, 11) is 0. The van der Waals surface area contributed by atoms with Crippen molar-refractivity contribution in [2.45, 2.75) is 32.4 Å². The minimum Gasteiger partial charge on any atom is -0.408 e. The number of halogens is 1. The van der Waals surface area contributed by atoms with Crippen molar-refractivity contribution in [1.82, 2.24) is 9.88 Å². The van der Waals surface area contributed by atoms with E-state index in [1.165, 1.54) is 4.57 Å². The van der Waals surface area contributed by atoms with Gasteiger partial charge in [0.2, 0.25) is 5.91 Å². The molecule has 0 aliphatic rings. The van der Waals surface area contributed by atoms with E-state index in [9.17, 15) is 9.59 Å². The summed E-state index contributed by atoms with van der Waals surface area (Å²) in [5, 5.41) is 2.97. The number of hydrogen-bond acceptors (Lipinski definition) is 3. The fraction of sp³-hybridized carbons (Fsp3) is 0.263. The van der Waals surface area contributed by atoms with Crippen molar-refractivity contribution in [1.29, 1.82) is 0 Å². The van der Waals surface area contributed by atoms with Gasteiger partial charge in [-0.1, -0.05) is 40.2 Å². The monoisotopic (exact) mass is 402 g/mol. The lowest BCUT2D eigenvalue weighted by atomic mass is 10.1. The fourth-order valence-electron chi connectivity index (χ4n) is 2.86. The van der Waals surface area contributed by atoms with Crippen LogP contribution in [0.15, 0.2) is 62.2 Å². The van der Waals surface area contributed by atoms with Gasteiger partial charge in [-0.15, -0.1) is 0 Å². The molecule has 6 heteroatoms. The number of nitrogens with one attached hydrogen (secondary N) is 1. The summed E-state index contributed by atoms with van der Waals surface area (Å²) in [6.45, 7) is 3.65. The topological polar surface area (TPSA) is 64.2 Å². The molecule has 1 N–H and O–H groups in total. The third-order valence-corrected chi connectivity index (χ3v) is 4.66. The number of nitrogens with zero attached hydrogens (tertiary/aromatic N) is 1. The lowest BCUT2D eigenvalue weighted by Crippen LogP contribution is -2.40. The van der Waals surface area contributed by atoms with Crippen molar-refractivity contribution < 1.29 is 9.21 Å². The van der Waals surface area contributed by atoms with Gasteiger partial charge in [-0.25, -0.2) is 4.79 Å². The van der Waals surface area contributed by atoms with Crippen molar-refractivity contribution >= 4 is 32.9 Å². The zero-order chi connectivity index (χ0) is 18.0. The first kappa shape index (κ1) is 17.5. The molecule has 0 bridgehead atoms. The molecule has 0 spiro atoms. The first-order valence-corrected chi connectivity index (χ1v) is 8.90. The SMILES string of the molecule is CC(Cc1ccc(Br)cc1)NC(=O)C(C)n1c(=O)oc2ccccc21. The predicted molar refractivity (Wildman–Crippen MR) is 101 cm³/mol. The van der Waals surface area contributed by atoms with Gasteiger partial charge >= 0.3 is 5.76 Å². The molecule has 1 heterocycles. The Bertz CT molecular complexity index is 943. The van der Waals surface area contributed by atoms with E-state index in [1.54, 1.807) is 25.1 Å². The van der Waals surface area contributed by atoms with E-state index in [-0.39, 0.29) is 11.9 Å². The van der Waals surface area contributed by atoms with Gasteiger partial charge in [0.05, 0.1) is 5.52 Å². The summed E-state index contributed by atoms with van der Waals surface area (Å²) < 4.78 is 7.61. The molecule has 1 amide bonds. The van der Waals surface area contributed by atoms with Gasteiger partial charge in [0.25, 0.3) is 0 Å². The van der Waals surface area contributed by atoms with Crippen LogP contribution in [-0.2, 0) is 11.2 Å². The van der Waals surface area contributed by atoms with Crippen molar-refractivity contribution in [3.8, 4) is 0 Å². The van der Waals surface area contributed by atoms with Crippen molar-refractivity contribution in [2.24, 2.45) is 0 Å². The second kappa shape index (κ2) is 7.27. The van der Waals surface area contributed by atoms with Crippen LogP contribution in [-0.4, -0.2) is 16.5 Å². The molecule has 1 aromatic heterocycles. The number of rotatable bonds is 5. The summed E-state index contributed by atoms with van der Waals surface area (Å²) in [6, 6.07) is 14.4. The van der Waals surface area contributed by atoms with Crippen molar-refractivity contribution in [3.63, 3.8) is 0 Å². The van der Waals surface area contributed by atoms with Crippen LogP contribution >= 0.6 is 15.9 Å². The van der Waals surface area contributed by atoms with Crippen LogP contribution in [0.5, 0.6) is 0 Å². The normalized spacial score (nSPS) is 13.6. The largest absolute Gasteiger partial charge is 0.420 e. The lowest BCUT2D eigenvalue weighted by Gasteiger charge is -2.18. The van der Waals surface area contributed by atoms with E-state index in [0.717, 1.165) is 10.0 Å². The van der Waals surface area contributed by atoms with E-state index in [1.807, 2.05) is 37.3 Å². The van der Waals surface area contributed by atoms with Gasteiger partial charge in [-0.2, -0.15) is 0 Å². The average Bonchev–Trinajstić information content (AvgIpc) is 2.91. The van der Waals surface area contributed by atoms with Crippen LogP contribution < -0.4 is 11.1 Å². The highest BCUT2D eigenvalue weighted by Crippen LogP contribution is 2.17. The van der Waals surface area contributed by atoms with E-state index in [4.69, 9.17) is 4.42 Å². The number of para-hydroxylation sites is 2. The molecule has 2 atom stereocenters. The molecule has 2 unspecified atom stereocenters. The third kappa shape index (κ3) is 3.85. The van der Waals surface area contributed by atoms with E-state index in [0.29, 0.717) is 17.5 Å². The molecule has 130 valence electrons. The molecule has 3 aromatic rings. The first-order chi connectivity index (χ1) is 12.0. The number of fused-ring (bicyclic) bond motifs is 1. The Kier molecular flexibility index (Phi) is 5.08. The Balaban J connectivity index is 1.72. The smallest absolute Gasteiger partial charge is 0.408 e. The van der Waals surface area contributed by atoms with E-state index in [2.05, 4.69) is 21.2 Å². The Morgan fingerprint density at radius 3 is 2.56 bits per heavy atom. The molecular weight excluding hydrogens is 384 g/mol. The maximum atomic E-state index is 12.6. The minimum absolute atomic E-state index is 0.0509. The molecule has 0 fully saturated rings. The van der Waals surface area contributed by atoms with E-state index < -0.39 is 11.8 Å². The number of hydrogen-bond donors (Lipinski definition) is 1. The number of oxazole rings is 1. The molecular formula is C19H19BrN2O3. The number of carbonyl (C=O) groups excluding carboxylic acids is 1. The standard InChI is InChI=1S/C19H19BrN2O3/c1-12(11-14-7-9-15(20)10-8-14)21-18(23)13(2)22-16-5-3-4-6-17(16)25-19(22)24/h3-10,12-13H,11H2,1-2H3,(H,21,23). The highest BCUT2D eigenvalue weighted by atomic mass is 79.9. The van der Waals surface area contributed by atoms with Crippen LogP contribution in [0.2, 0.25) is 0 Å². The summed E-state index contributed by atoms with van der Waals surface area (Å²) >= 11 is 3.41. The lowest BCUT2D eigenvalue weighted by molar-refractivity contribution is -0.124. The van der Waals surface area contributed by atoms with Gasteiger partial charge in [0.15, 0.2) is 5.58 Å². The number of aromatic nitrogens is 1. The van der Waals surface area contributed by atoms with Gasteiger partial charge in [0.1, 0.15) is 6.04 Å². The summed E-state index contributed by atoms with van der Waals surface area (Å²) in [5.74, 6) is -0.734. The molecule has 25 heavy (non-hydrogen) atoms. The molecule has 0 saturated heterocycles. The van der Waals surface area contributed by atoms with Crippen LogP contribution in [0, 0.1) is 0 Å². The van der Waals surface area contributed by atoms with Crippen molar-refractivity contribution in [3.05, 3.63) is 69.1 Å². The molecule has 0 radical (unpaired) electrons. The Labute approximate surface area is 153 Å². The zero-order valence-electron chi connectivity index (χ0n) is 14.0. The number of carbonyl (C=O) groups is 1. The maximum Gasteiger partial charge on any atom is 0.420 e. The fourth-order valence-corrected chi connectivity index (χ4v) is 3.12. The molecule has 3 rings (SSSR count). The number of amides is 1. The van der Waals surface area contributed by atoms with Crippen molar-refractivity contribution in [2.75, 3.05) is 0 Å². The molecule has 0 aliphatic heterocycles. The zero-order valence-corrected chi connectivity index (χ0v) is 15.6. The minimum atomic E-state index is -0.650. The second-order valence-electron chi connectivity index (χ2n) is 6.12. The van der Waals surface area contributed by atoms with Crippen LogP contribution in [0.4, 0.5) is 0 Å². The maximum absolute atomic E-state index is 12.6. The summed E-state index contributed by atoms with van der Waals surface area (Å²) in [4.78, 5) is 24.7. The Morgan fingerprint density at radius 1 is 1.16 bits per heavy atom. The molecule has 0 saturated carbocycles. The van der Waals surface area contributed by atoms with Gasteiger partial charge in [-0.3, -0.25) is 9.36 Å². The van der Waals surface area contributed by atoms with Crippen LogP contribution in [0.25, 0.3) is 11.1 Å². The summed E-state index contributed by atoms with van der Waals surface area (Å²) in [5.41, 5.74) is 2.24. The molecule has 0 aliphatic carbocycles. The molecule has 2 aromatic carbocycles. The molecule has 5 nitrogen and oxygen atoms in total. The highest BCUT2D eigenvalue weighted by Gasteiger charge is 2.22. The summed E-state index contributed by atoms with van der Waals surface area (Å²) in [6.07, 6.45) is 0.715. The quantitative estimate of drug-likeness (QED) is 0.707. The van der Waals surface area contributed by atoms with Gasteiger partial charge in [-0.05, 0) is 50.1 Å². The average molecular weight is 403 g/mol. The van der Waals surface area contributed by atoms with Crippen LogP contribution in [0.1, 0.15) is 25.5 Å². The predicted octanol–water partition coefficient (Wildman–Crippen LogP) is 3.67. The van der Waals surface area contributed by atoms with E-state index >= 15 is 0 Å². The Hall–Kier alpha value is -2.34. The third-order valence-electron chi connectivity index (χ3n) is 4.13. The first-order valence-electron chi connectivity index (χ1n) is 8.10. The highest BCUT2D eigenvalue weighted by molar-refractivity contribution is 9.10. The van der Waals surface area contributed by atoms with Gasteiger partial charge in [0, 0.05) is 10.5 Å².